The van der Waals surface area contributed by atoms with E-state index >= 15 is 0 Å². The van der Waals surface area contributed by atoms with E-state index in [0.717, 1.165) is 0 Å². The van der Waals surface area contributed by atoms with Gasteiger partial charge in [-0.15, -0.1) is 0 Å². The van der Waals surface area contributed by atoms with Crippen molar-refractivity contribution in [2.75, 3.05) is 7.11 Å². The van der Waals surface area contributed by atoms with Crippen LogP contribution in [0.15, 0.2) is 12.2 Å². The highest BCUT2D eigenvalue weighted by molar-refractivity contribution is 9.09. The van der Waals surface area contributed by atoms with E-state index in [-0.39, 0.29) is 5.60 Å². The number of allylic oxidation sites excluding steroid dienone is 1. The summed E-state index contributed by atoms with van der Waals surface area (Å²) in [7, 11) is 1.81. The van der Waals surface area contributed by atoms with E-state index in [4.69, 9.17) is 4.74 Å². The van der Waals surface area contributed by atoms with E-state index < -0.39 is 0 Å². The molecule has 0 heterocycles. The zero-order valence-corrected chi connectivity index (χ0v) is 7.60. The highest BCUT2D eigenvalue weighted by Gasteiger charge is 2.51. The topological polar surface area (TPSA) is 9.23 Å². The number of alkyl halides is 1. The van der Waals surface area contributed by atoms with Crippen molar-refractivity contribution in [3.05, 3.63) is 12.2 Å². The van der Waals surface area contributed by atoms with Crippen LogP contribution in [0.4, 0.5) is 0 Å². The van der Waals surface area contributed by atoms with Crippen LogP contribution in [-0.2, 0) is 4.74 Å². The van der Waals surface area contributed by atoms with Crippen molar-refractivity contribution in [3.8, 4) is 0 Å². The van der Waals surface area contributed by atoms with Crippen molar-refractivity contribution in [1.29, 1.82) is 0 Å². The predicted octanol–water partition coefficient (Wildman–Crippen LogP) is 2.11. The Morgan fingerprint density at radius 3 is 2.80 bits per heavy atom. The Hall–Kier alpha value is 0.180. The molecule has 0 aromatic rings. The van der Waals surface area contributed by atoms with Crippen LogP contribution >= 0.6 is 15.9 Å². The van der Waals surface area contributed by atoms with Gasteiger partial charge in [0, 0.05) is 17.9 Å². The Morgan fingerprint density at radius 2 is 2.50 bits per heavy atom. The summed E-state index contributed by atoms with van der Waals surface area (Å²) >= 11 is 3.60. The predicted molar refractivity (Wildman–Crippen MR) is 44.3 cm³/mol. The van der Waals surface area contributed by atoms with Crippen LogP contribution in [0.5, 0.6) is 0 Å². The van der Waals surface area contributed by atoms with Crippen LogP contribution in [0.1, 0.15) is 12.8 Å². The first-order chi connectivity index (χ1) is 4.78. The van der Waals surface area contributed by atoms with E-state index in [1.54, 1.807) is 0 Å². The molecule has 56 valence electrons. The van der Waals surface area contributed by atoms with Gasteiger partial charge in [-0.2, -0.15) is 0 Å². The zero-order chi connectivity index (χ0) is 7.19. The molecule has 0 radical (unpaired) electrons. The van der Waals surface area contributed by atoms with Crippen molar-refractivity contribution >= 4 is 15.9 Å². The zero-order valence-electron chi connectivity index (χ0n) is 6.01. The first-order valence-corrected chi connectivity index (χ1v) is 4.59. The number of halogens is 1. The summed E-state index contributed by atoms with van der Waals surface area (Å²) in [6.45, 7) is 0. The monoisotopic (exact) mass is 202 g/mol. The smallest absolute Gasteiger partial charge is 0.0900 e. The molecule has 0 spiro atoms. The third-order valence-corrected chi connectivity index (χ3v) is 3.74. The molecule has 0 aromatic carbocycles. The number of hydrogen-bond donors (Lipinski definition) is 0. The third-order valence-electron chi connectivity index (χ3n) is 2.80. The summed E-state index contributed by atoms with van der Waals surface area (Å²) in [5.41, 5.74) is 0.119. The molecule has 1 fully saturated rings. The van der Waals surface area contributed by atoms with Gasteiger partial charge in [0.15, 0.2) is 0 Å². The van der Waals surface area contributed by atoms with Gasteiger partial charge in [0.05, 0.1) is 5.60 Å². The Morgan fingerprint density at radius 1 is 1.70 bits per heavy atom. The Kier molecular flexibility index (Phi) is 1.43. The maximum atomic E-state index is 5.45. The molecule has 0 amide bonds. The summed E-state index contributed by atoms with van der Waals surface area (Å²) in [5, 5.41) is 0. The minimum Gasteiger partial charge on any atom is -0.374 e. The van der Waals surface area contributed by atoms with E-state index in [2.05, 4.69) is 28.1 Å². The Balaban J connectivity index is 2.20. The molecule has 0 bridgehead atoms. The van der Waals surface area contributed by atoms with Crippen molar-refractivity contribution < 1.29 is 4.74 Å². The van der Waals surface area contributed by atoms with Gasteiger partial charge >= 0.3 is 0 Å². The minimum absolute atomic E-state index is 0.119. The summed E-state index contributed by atoms with van der Waals surface area (Å²) in [4.78, 5) is 0.557. The number of methoxy groups -OCH3 is 1. The van der Waals surface area contributed by atoms with Crippen molar-refractivity contribution in [1.82, 2.24) is 0 Å². The number of hydrogen-bond acceptors (Lipinski definition) is 1. The largest absolute Gasteiger partial charge is 0.374 e. The summed E-state index contributed by atoms with van der Waals surface area (Å²) in [6, 6.07) is 0. The van der Waals surface area contributed by atoms with Crippen LogP contribution in [0.3, 0.4) is 0 Å². The molecular formula is C8H11BrO. The second kappa shape index (κ2) is 2.08. The standard InChI is InChI=1S/C8H11BrO/c1-10-8-4-2-6(8)7(9)3-5-8/h3,5-7H,2,4H2,1H3. The van der Waals surface area contributed by atoms with E-state index in [9.17, 15) is 0 Å². The molecule has 0 aromatic heterocycles. The van der Waals surface area contributed by atoms with Gasteiger partial charge in [0.1, 0.15) is 0 Å². The quantitative estimate of drug-likeness (QED) is 0.468. The van der Waals surface area contributed by atoms with Crippen LogP contribution in [-0.4, -0.2) is 17.5 Å². The average molecular weight is 203 g/mol. The van der Waals surface area contributed by atoms with Crippen LogP contribution in [0.2, 0.25) is 0 Å². The third kappa shape index (κ3) is 0.665. The molecule has 3 atom stereocenters. The van der Waals surface area contributed by atoms with Gasteiger partial charge in [-0.3, -0.25) is 0 Å². The molecule has 1 nitrogen and oxygen atoms in total. The highest BCUT2D eigenvalue weighted by Crippen LogP contribution is 2.50. The first kappa shape index (κ1) is 6.86. The molecule has 0 aliphatic heterocycles. The molecule has 10 heavy (non-hydrogen) atoms. The Bertz CT molecular complexity index is 174. The lowest BCUT2D eigenvalue weighted by molar-refractivity contribution is -0.0726. The lowest BCUT2D eigenvalue weighted by atomic mass is 9.71. The maximum Gasteiger partial charge on any atom is 0.0900 e. The normalized spacial score (nSPS) is 50.6. The molecule has 2 heteroatoms. The van der Waals surface area contributed by atoms with Gasteiger partial charge in [-0.1, -0.05) is 28.1 Å². The van der Waals surface area contributed by atoms with E-state index in [0.29, 0.717) is 10.7 Å². The van der Waals surface area contributed by atoms with Crippen LogP contribution in [0.25, 0.3) is 0 Å². The fraction of sp³-hybridized carbons (Fsp3) is 0.750. The fourth-order valence-corrected chi connectivity index (χ4v) is 2.81. The summed E-state index contributed by atoms with van der Waals surface area (Å²) in [6.07, 6.45) is 6.92. The van der Waals surface area contributed by atoms with Gasteiger partial charge in [-0.05, 0) is 12.8 Å². The molecule has 2 aliphatic rings. The highest BCUT2D eigenvalue weighted by atomic mass is 79.9. The summed E-state index contributed by atoms with van der Waals surface area (Å²) < 4.78 is 5.45. The fourth-order valence-electron chi connectivity index (χ4n) is 1.94. The maximum absolute atomic E-state index is 5.45. The molecule has 3 unspecified atom stereocenters. The second-order valence-electron chi connectivity index (χ2n) is 3.11. The van der Waals surface area contributed by atoms with E-state index in [1.807, 2.05) is 7.11 Å². The molecule has 0 saturated heterocycles. The number of rotatable bonds is 1. The Labute approximate surface area is 69.6 Å². The molecule has 2 rings (SSSR count). The average Bonchev–Trinajstić information content (AvgIpc) is 2.06. The lowest BCUT2D eigenvalue weighted by Gasteiger charge is -2.44. The summed E-state index contributed by atoms with van der Waals surface area (Å²) in [5.74, 6) is 0.706. The molecule has 1 saturated carbocycles. The van der Waals surface area contributed by atoms with Crippen molar-refractivity contribution in [3.63, 3.8) is 0 Å². The minimum atomic E-state index is 0.119. The van der Waals surface area contributed by atoms with Gasteiger partial charge in [-0.25, -0.2) is 0 Å². The lowest BCUT2D eigenvalue weighted by Crippen LogP contribution is -2.47. The number of ether oxygens (including phenoxy) is 1. The molecular weight excluding hydrogens is 192 g/mol. The SMILES string of the molecule is COC12C=CC(Br)C1CC2. The van der Waals surface area contributed by atoms with Crippen molar-refractivity contribution in [2.24, 2.45) is 5.92 Å². The van der Waals surface area contributed by atoms with Crippen LogP contribution in [0, 0.1) is 5.92 Å². The second-order valence-corrected chi connectivity index (χ2v) is 4.17. The number of fused-ring (bicyclic) bond motifs is 1. The van der Waals surface area contributed by atoms with Crippen LogP contribution < -0.4 is 0 Å². The van der Waals surface area contributed by atoms with E-state index in [1.165, 1.54) is 12.8 Å². The first-order valence-electron chi connectivity index (χ1n) is 3.67. The van der Waals surface area contributed by atoms with Gasteiger partial charge in [0.2, 0.25) is 0 Å². The van der Waals surface area contributed by atoms with Gasteiger partial charge < -0.3 is 4.74 Å². The molecule has 0 N–H and O–H groups in total. The van der Waals surface area contributed by atoms with Crippen molar-refractivity contribution in [2.45, 2.75) is 23.3 Å². The van der Waals surface area contributed by atoms with Gasteiger partial charge in [0.25, 0.3) is 0 Å². The molecule has 2 aliphatic carbocycles.